The molecule has 1 aromatic rings. The Hall–Kier alpha value is -1.32. The third kappa shape index (κ3) is 3.08. The van der Waals surface area contributed by atoms with E-state index in [-0.39, 0.29) is 6.42 Å². The van der Waals surface area contributed by atoms with E-state index in [0.29, 0.717) is 5.02 Å². The zero-order chi connectivity index (χ0) is 12.3. The minimum absolute atomic E-state index is 0.0145. The van der Waals surface area contributed by atoms with Crippen molar-refractivity contribution >= 4 is 23.1 Å². The van der Waals surface area contributed by atoms with Crippen LogP contribution in [0.5, 0.6) is 0 Å². The molecule has 0 saturated carbocycles. The first-order chi connectivity index (χ1) is 8.16. The summed E-state index contributed by atoms with van der Waals surface area (Å²) in [5, 5.41) is 12.7. The smallest absolute Gasteiger partial charge is 0.307 e. The van der Waals surface area contributed by atoms with Gasteiger partial charge in [0.1, 0.15) is 0 Å². The van der Waals surface area contributed by atoms with Gasteiger partial charge in [-0.25, -0.2) is 0 Å². The summed E-state index contributed by atoms with van der Waals surface area (Å²) >= 11 is 5.91. The van der Waals surface area contributed by atoms with Crippen LogP contribution in [0.3, 0.4) is 0 Å². The summed E-state index contributed by atoms with van der Waals surface area (Å²) in [4.78, 5) is 10.8. The van der Waals surface area contributed by atoms with Gasteiger partial charge in [0.05, 0.1) is 6.42 Å². The standard InChI is InChI=1S/C13H14ClNO2/c14-11-1-2-12(9-3-5-15-6-4-9)10(7-11)8-13(16)17/h1-3,7,15H,4-6,8H2,(H,16,17). The Balaban J connectivity index is 2.37. The molecule has 1 aliphatic rings. The Morgan fingerprint density at radius 2 is 2.29 bits per heavy atom. The van der Waals surface area contributed by atoms with Crippen LogP contribution < -0.4 is 5.32 Å². The second kappa shape index (κ2) is 5.34. The lowest BCUT2D eigenvalue weighted by Gasteiger charge is -2.17. The summed E-state index contributed by atoms with van der Waals surface area (Å²) < 4.78 is 0. The van der Waals surface area contributed by atoms with Crippen molar-refractivity contribution in [1.82, 2.24) is 5.32 Å². The quantitative estimate of drug-likeness (QED) is 0.867. The van der Waals surface area contributed by atoms with Gasteiger partial charge in [0, 0.05) is 11.6 Å². The highest BCUT2D eigenvalue weighted by molar-refractivity contribution is 6.30. The summed E-state index contributed by atoms with van der Waals surface area (Å²) in [6.07, 6.45) is 3.05. The van der Waals surface area contributed by atoms with Crippen molar-refractivity contribution in [2.45, 2.75) is 12.8 Å². The third-order valence-electron chi connectivity index (χ3n) is 2.82. The average Bonchev–Trinajstić information content (AvgIpc) is 2.29. The van der Waals surface area contributed by atoms with Crippen LogP contribution in [0.15, 0.2) is 24.3 Å². The van der Waals surface area contributed by atoms with Gasteiger partial charge in [0.2, 0.25) is 0 Å². The number of carboxylic acid groups (broad SMARTS) is 1. The van der Waals surface area contributed by atoms with Gasteiger partial charge in [-0.1, -0.05) is 23.7 Å². The number of rotatable bonds is 3. The molecule has 1 aromatic carbocycles. The number of nitrogens with one attached hydrogen (secondary N) is 1. The Kier molecular flexibility index (Phi) is 3.82. The molecule has 0 bridgehead atoms. The molecule has 4 heteroatoms. The molecule has 2 rings (SSSR count). The molecule has 0 aliphatic carbocycles. The first kappa shape index (κ1) is 12.1. The molecule has 0 atom stereocenters. The first-order valence-electron chi connectivity index (χ1n) is 5.57. The molecule has 0 fully saturated rings. The maximum atomic E-state index is 10.8. The molecule has 0 aromatic heterocycles. The molecular weight excluding hydrogens is 238 g/mol. The molecule has 0 spiro atoms. The predicted molar refractivity (Wildman–Crippen MR) is 68.3 cm³/mol. The zero-order valence-corrected chi connectivity index (χ0v) is 10.1. The number of hydrogen-bond acceptors (Lipinski definition) is 2. The van der Waals surface area contributed by atoms with Crippen molar-refractivity contribution < 1.29 is 9.90 Å². The van der Waals surface area contributed by atoms with Gasteiger partial charge in [-0.2, -0.15) is 0 Å². The highest BCUT2D eigenvalue weighted by Gasteiger charge is 2.12. The van der Waals surface area contributed by atoms with Gasteiger partial charge in [-0.3, -0.25) is 4.79 Å². The normalized spacial score (nSPS) is 15.5. The van der Waals surface area contributed by atoms with Crippen molar-refractivity contribution in [2.24, 2.45) is 0 Å². The van der Waals surface area contributed by atoms with E-state index in [4.69, 9.17) is 16.7 Å². The van der Waals surface area contributed by atoms with Crippen LogP contribution in [-0.2, 0) is 11.2 Å². The summed E-state index contributed by atoms with van der Waals surface area (Å²) in [5.41, 5.74) is 3.01. The maximum absolute atomic E-state index is 10.8. The van der Waals surface area contributed by atoms with Crippen LogP contribution in [-0.4, -0.2) is 24.2 Å². The predicted octanol–water partition coefficient (Wildman–Crippen LogP) is 2.34. The fraction of sp³-hybridized carbons (Fsp3) is 0.308. The number of hydrogen-bond donors (Lipinski definition) is 2. The summed E-state index contributed by atoms with van der Waals surface area (Å²) in [7, 11) is 0. The molecule has 0 amide bonds. The molecule has 3 nitrogen and oxygen atoms in total. The lowest BCUT2D eigenvalue weighted by Crippen LogP contribution is -2.20. The van der Waals surface area contributed by atoms with Crippen molar-refractivity contribution in [3.8, 4) is 0 Å². The maximum Gasteiger partial charge on any atom is 0.307 e. The number of benzene rings is 1. The number of carboxylic acids is 1. The SMILES string of the molecule is O=C(O)Cc1cc(Cl)ccc1C1=CCNCC1. The van der Waals surface area contributed by atoms with E-state index in [1.807, 2.05) is 12.1 Å². The minimum atomic E-state index is -0.831. The van der Waals surface area contributed by atoms with Gasteiger partial charge < -0.3 is 10.4 Å². The van der Waals surface area contributed by atoms with Gasteiger partial charge in [-0.05, 0) is 41.8 Å². The monoisotopic (exact) mass is 251 g/mol. The first-order valence-corrected chi connectivity index (χ1v) is 5.95. The van der Waals surface area contributed by atoms with Gasteiger partial charge in [-0.15, -0.1) is 0 Å². The highest BCUT2D eigenvalue weighted by atomic mass is 35.5. The van der Waals surface area contributed by atoms with Crippen LogP contribution in [0.2, 0.25) is 5.02 Å². The van der Waals surface area contributed by atoms with Crippen LogP contribution in [0, 0.1) is 0 Å². The third-order valence-corrected chi connectivity index (χ3v) is 3.05. The van der Waals surface area contributed by atoms with Crippen molar-refractivity contribution in [3.63, 3.8) is 0 Å². The van der Waals surface area contributed by atoms with E-state index in [9.17, 15) is 4.79 Å². The molecule has 0 saturated heterocycles. The van der Waals surface area contributed by atoms with E-state index in [2.05, 4.69) is 11.4 Å². The molecule has 17 heavy (non-hydrogen) atoms. The van der Waals surface area contributed by atoms with Crippen LogP contribution in [0.25, 0.3) is 5.57 Å². The van der Waals surface area contributed by atoms with Crippen molar-refractivity contribution in [1.29, 1.82) is 0 Å². The van der Waals surface area contributed by atoms with E-state index in [1.165, 1.54) is 5.57 Å². The van der Waals surface area contributed by atoms with Gasteiger partial charge in [0.15, 0.2) is 0 Å². The Bertz CT molecular complexity index is 468. The minimum Gasteiger partial charge on any atom is -0.481 e. The summed E-state index contributed by atoms with van der Waals surface area (Å²) in [6, 6.07) is 5.47. The van der Waals surface area contributed by atoms with Crippen LogP contribution in [0.4, 0.5) is 0 Å². The number of aliphatic carboxylic acids is 1. The molecule has 2 N–H and O–H groups in total. The van der Waals surface area contributed by atoms with Gasteiger partial charge >= 0.3 is 5.97 Å². The Labute approximate surface area is 105 Å². The Morgan fingerprint density at radius 3 is 2.94 bits per heavy atom. The topological polar surface area (TPSA) is 49.3 Å². The van der Waals surface area contributed by atoms with E-state index >= 15 is 0 Å². The van der Waals surface area contributed by atoms with E-state index in [0.717, 1.165) is 30.6 Å². The lowest BCUT2D eigenvalue weighted by molar-refractivity contribution is -0.136. The van der Waals surface area contributed by atoms with E-state index < -0.39 is 5.97 Å². The molecule has 1 aliphatic heterocycles. The number of halogens is 1. The van der Waals surface area contributed by atoms with Crippen molar-refractivity contribution in [2.75, 3.05) is 13.1 Å². The fourth-order valence-electron chi connectivity index (χ4n) is 2.05. The molecule has 1 heterocycles. The summed E-state index contributed by atoms with van der Waals surface area (Å²) in [5.74, 6) is -0.831. The average molecular weight is 252 g/mol. The second-order valence-electron chi connectivity index (χ2n) is 4.06. The van der Waals surface area contributed by atoms with Crippen LogP contribution in [0.1, 0.15) is 17.5 Å². The van der Waals surface area contributed by atoms with E-state index in [1.54, 1.807) is 6.07 Å². The van der Waals surface area contributed by atoms with Crippen molar-refractivity contribution in [3.05, 3.63) is 40.4 Å². The lowest BCUT2D eigenvalue weighted by atomic mass is 9.94. The molecular formula is C13H14ClNO2. The fourth-order valence-corrected chi connectivity index (χ4v) is 2.25. The number of carbonyl (C=O) groups is 1. The molecule has 0 radical (unpaired) electrons. The van der Waals surface area contributed by atoms with Crippen LogP contribution >= 0.6 is 11.6 Å². The van der Waals surface area contributed by atoms with Gasteiger partial charge in [0.25, 0.3) is 0 Å². The molecule has 90 valence electrons. The molecule has 0 unspecified atom stereocenters. The summed E-state index contributed by atoms with van der Waals surface area (Å²) in [6.45, 7) is 1.77. The highest BCUT2D eigenvalue weighted by Crippen LogP contribution is 2.26. The second-order valence-corrected chi connectivity index (χ2v) is 4.49. The Morgan fingerprint density at radius 1 is 1.47 bits per heavy atom. The largest absolute Gasteiger partial charge is 0.481 e. The zero-order valence-electron chi connectivity index (χ0n) is 9.37.